The van der Waals surface area contributed by atoms with Crippen molar-refractivity contribution in [1.82, 2.24) is 20.4 Å². The highest BCUT2D eigenvalue weighted by Crippen LogP contribution is 2.10. The van der Waals surface area contributed by atoms with Gasteiger partial charge in [0.05, 0.1) is 19.2 Å². The molecule has 114 valence electrons. The molecule has 20 heavy (non-hydrogen) atoms. The molecule has 0 aliphatic heterocycles. The standard InChI is InChI=1S/C12H20N4O3.ClH/c1-4-19-10(17)5-6-14-12(18)11(13-2)9-7-15-16(3)8-9;/h7-8,11,13H,4-6H2,1-3H3,(H,14,18);1H. The zero-order valence-electron chi connectivity index (χ0n) is 11.9. The minimum absolute atomic E-state index is 0. The third-order valence-electron chi connectivity index (χ3n) is 2.54. The number of ether oxygens (including phenoxy) is 1. The van der Waals surface area contributed by atoms with Crippen molar-refractivity contribution < 1.29 is 14.3 Å². The molecule has 0 saturated carbocycles. The Balaban J connectivity index is 0.00000361. The maximum absolute atomic E-state index is 12.0. The van der Waals surface area contributed by atoms with Crippen molar-refractivity contribution in [3.05, 3.63) is 18.0 Å². The van der Waals surface area contributed by atoms with Gasteiger partial charge in [0.1, 0.15) is 6.04 Å². The van der Waals surface area contributed by atoms with Gasteiger partial charge in [0, 0.05) is 25.4 Å². The van der Waals surface area contributed by atoms with Crippen molar-refractivity contribution in [3.63, 3.8) is 0 Å². The molecular formula is C12H21ClN4O3. The van der Waals surface area contributed by atoms with Gasteiger partial charge in [0.25, 0.3) is 0 Å². The second-order valence-corrected chi connectivity index (χ2v) is 4.02. The Morgan fingerprint density at radius 3 is 2.70 bits per heavy atom. The summed E-state index contributed by atoms with van der Waals surface area (Å²) in [5.41, 5.74) is 0.777. The summed E-state index contributed by atoms with van der Waals surface area (Å²) in [6.07, 6.45) is 3.57. The van der Waals surface area contributed by atoms with Gasteiger partial charge in [-0.15, -0.1) is 12.4 Å². The van der Waals surface area contributed by atoms with E-state index in [0.717, 1.165) is 5.56 Å². The number of carbonyl (C=O) groups excluding carboxylic acids is 2. The SMILES string of the molecule is CCOC(=O)CCNC(=O)C(NC)c1cnn(C)c1.Cl. The van der Waals surface area contributed by atoms with E-state index in [-0.39, 0.29) is 37.2 Å². The molecule has 1 aromatic rings. The van der Waals surface area contributed by atoms with Crippen LogP contribution in [0.5, 0.6) is 0 Å². The fourth-order valence-corrected chi connectivity index (χ4v) is 1.66. The van der Waals surface area contributed by atoms with Crippen molar-refractivity contribution in [2.45, 2.75) is 19.4 Å². The number of amides is 1. The topological polar surface area (TPSA) is 85.2 Å². The first-order chi connectivity index (χ1) is 9.08. The van der Waals surface area contributed by atoms with Crippen LogP contribution in [0.25, 0.3) is 0 Å². The van der Waals surface area contributed by atoms with Gasteiger partial charge in [-0.3, -0.25) is 14.3 Å². The lowest BCUT2D eigenvalue weighted by molar-refractivity contribution is -0.143. The van der Waals surface area contributed by atoms with E-state index in [1.54, 1.807) is 38.1 Å². The average molecular weight is 305 g/mol. The van der Waals surface area contributed by atoms with Gasteiger partial charge in [-0.05, 0) is 14.0 Å². The first kappa shape index (κ1) is 18.4. The fourth-order valence-electron chi connectivity index (χ4n) is 1.66. The predicted molar refractivity (Wildman–Crippen MR) is 76.5 cm³/mol. The Hall–Kier alpha value is -1.60. The molecular weight excluding hydrogens is 284 g/mol. The molecule has 1 unspecified atom stereocenters. The van der Waals surface area contributed by atoms with Crippen molar-refractivity contribution in [2.24, 2.45) is 7.05 Å². The first-order valence-corrected chi connectivity index (χ1v) is 6.17. The van der Waals surface area contributed by atoms with Gasteiger partial charge in [-0.25, -0.2) is 0 Å². The highest BCUT2D eigenvalue weighted by molar-refractivity contribution is 5.85. The Morgan fingerprint density at radius 1 is 1.50 bits per heavy atom. The summed E-state index contributed by atoms with van der Waals surface area (Å²) < 4.78 is 6.41. The third kappa shape index (κ3) is 5.58. The van der Waals surface area contributed by atoms with E-state index >= 15 is 0 Å². The third-order valence-corrected chi connectivity index (χ3v) is 2.54. The van der Waals surface area contributed by atoms with E-state index in [0.29, 0.717) is 6.61 Å². The normalized spacial score (nSPS) is 11.3. The molecule has 0 aliphatic rings. The van der Waals surface area contributed by atoms with Gasteiger partial charge >= 0.3 is 5.97 Å². The number of hydrogen-bond acceptors (Lipinski definition) is 5. The molecule has 0 radical (unpaired) electrons. The summed E-state index contributed by atoms with van der Waals surface area (Å²) in [6.45, 7) is 2.35. The lowest BCUT2D eigenvalue weighted by Gasteiger charge is -2.14. The average Bonchev–Trinajstić information content (AvgIpc) is 2.77. The van der Waals surface area contributed by atoms with Crippen LogP contribution in [0.3, 0.4) is 0 Å². The van der Waals surface area contributed by atoms with Crippen LogP contribution in [-0.4, -0.2) is 41.9 Å². The number of aromatic nitrogens is 2. The van der Waals surface area contributed by atoms with E-state index < -0.39 is 6.04 Å². The molecule has 0 aromatic carbocycles. The van der Waals surface area contributed by atoms with E-state index in [9.17, 15) is 9.59 Å². The molecule has 0 spiro atoms. The van der Waals surface area contributed by atoms with Crippen LogP contribution in [0.15, 0.2) is 12.4 Å². The number of esters is 1. The van der Waals surface area contributed by atoms with Crippen LogP contribution in [0, 0.1) is 0 Å². The fraction of sp³-hybridized carbons (Fsp3) is 0.583. The van der Waals surface area contributed by atoms with Crippen LogP contribution >= 0.6 is 12.4 Å². The molecule has 7 nitrogen and oxygen atoms in total. The molecule has 0 bridgehead atoms. The number of carbonyl (C=O) groups is 2. The number of nitrogens with one attached hydrogen (secondary N) is 2. The molecule has 0 fully saturated rings. The van der Waals surface area contributed by atoms with Crippen molar-refractivity contribution in [1.29, 1.82) is 0 Å². The first-order valence-electron chi connectivity index (χ1n) is 6.17. The van der Waals surface area contributed by atoms with E-state index in [2.05, 4.69) is 15.7 Å². The molecule has 8 heteroatoms. The predicted octanol–water partition coefficient (Wildman–Crippen LogP) is 0.172. The van der Waals surface area contributed by atoms with Crippen LogP contribution in [0.1, 0.15) is 24.9 Å². The van der Waals surface area contributed by atoms with Crippen LogP contribution in [0.4, 0.5) is 0 Å². The Bertz CT molecular complexity index is 436. The summed E-state index contributed by atoms with van der Waals surface area (Å²) >= 11 is 0. The van der Waals surface area contributed by atoms with E-state index in [4.69, 9.17) is 4.74 Å². The summed E-state index contributed by atoms with van der Waals surface area (Å²) in [5, 5.41) is 9.63. The zero-order valence-corrected chi connectivity index (χ0v) is 12.7. The van der Waals surface area contributed by atoms with Crippen LogP contribution in [0.2, 0.25) is 0 Å². The molecule has 1 amide bonds. The minimum Gasteiger partial charge on any atom is -0.466 e. The lowest BCUT2D eigenvalue weighted by atomic mass is 10.1. The Labute approximate surface area is 124 Å². The Morgan fingerprint density at radius 2 is 2.20 bits per heavy atom. The van der Waals surface area contributed by atoms with Gasteiger partial charge in [-0.1, -0.05) is 0 Å². The molecule has 1 rings (SSSR count). The smallest absolute Gasteiger partial charge is 0.307 e. The van der Waals surface area contributed by atoms with Crippen molar-refractivity contribution >= 4 is 24.3 Å². The van der Waals surface area contributed by atoms with Crippen molar-refractivity contribution in [2.75, 3.05) is 20.2 Å². The highest BCUT2D eigenvalue weighted by atomic mass is 35.5. The number of nitrogens with zero attached hydrogens (tertiary/aromatic N) is 2. The number of hydrogen-bond donors (Lipinski definition) is 2. The molecule has 1 atom stereocenters. The second-order valence-electron chi connectivity index (χ2n) is 4.02. The maximum Gasteiger partial charge on any atom is 0.307 e. The number of halogens is 1. The highest BCUT2D eigenvalue weighted by Gasteiger charge is 2.19. The van der Waals surface area contributed by atoms with Gasteiger partial charge < -0.3 is 15.4 Å². The minimum atomic E-state index is -0.476. The lowest BCUT2D eigenvalue weighted by Crippen LogP contribution is -2.37. The molecule has 0 aliphatic carbocycles. The summed E-state index contributed by atoms with van der Waals surface area (Å²) in [5.74, 6) is -0.509. The summed E-state index contributed by atoms with van der Waals surface area (Å²) in [6, 6.07) is -0.476. The molecule has 2 N–H and O–H groups in total. The van der Waals surface area contributed by atoms with Gasteiger partial charge in [0.15, 0.2) is 0 Å². The number of likely N-dealkylation sites (N-methyl/N-ethyl adjacent to an activating group) is 1. The number of rotatable bonds is 7. The monoisotopic (exact) mass is 304 g/mol. The second kappa shape index (κ2) is 9.33. The summed E-state index contributed by atoms with van der Waals surface area (Å²) in [7, 11) is 3.48. The van der Waals surface area contributed by atoms with Crippen LogP contribution < -0.4 is 10.6 Å². The summed E-state index contributed by atoms with van der Waals surface area (Å²) in [4.78, 5) is 23.1. The van der Waals surface area contributed by atoms with Crippen LogP contribution in [-0.2, 0) is 21.4 Å². The Kier molecular flexibility index (Phi) is 8.58. The maximum atomic E-state index is 12.0. The largest absolute Gasteiger partial charge is 0.466 e. The van der Waals surface area contributed by atoms with Gasteiger partial charge in [-0.2, -0.15) is 5.10 Å². The number of aryl methyl sites for hydroxylation is 1. The van der Waals surface area contributed by atoms with Gasteiger partial charge in [0.2, 0.25) is 5.91 Å². The molecule has 0 saturated heterocycles. The van der Waals surface area contributed by atoms with Crippen molar-refractivity contribution in [3.8, 4) is 0 Å². The quantitative estimate of drug-likeness (QED) is 0.702. The molecule has 1 heterocycles. The van der Waals surface area contributed by atoms with E-state index in [1.807, 2.05) is 0 Å². The molecule has 1 aromatic heterocycles. The zero-order chi connectivity index (χ0) is 14.3. The van der Waals surface area contributed by atoms with E-state index in [1.165, 1.54) is 0 Å².